The van der Waals surface area contributed by atoms with Crippen LogP contribution in [0.15, 0.2) is 0 Å². The maximum atomic E-state index is 11.3. The maximum Gasteiger partial charge on any atom is 0.158 e. The lowest BCUT2D eigenvalue weighted by Crippen LogP contribution is -2.47. The number of ketones is 2. The first kappa shape index (κ1) is 14.3. The van der Waals surface area contributed by atoms with E-state index in [0.717, 1.165) is 0 Å². The second-order valence-electron chi connectivity index (χ2n) is 4.79. The van der Waals surface area contributed by atoms with E-state index < -0.39 is 6.61 Å². The molecule has 0 aromatic heterocycles. The van der Waals surface area contributed by atoms with E-state index >= 15 is 0 Å². The third kappa shape index (κ3) is 7.22. The van der Waals surface area contributed by atoms with Crippen LogP contribution in [0.1, 0.15) is 40.5 Å². The van der Waals surface area contributed by atoms with E-state index in [2.05, 4.69) is 5.32 Å². The zero-order valence-corrected chi connectivity index (χ0v) is 9.96. The number of aliphatic hydroxyl groups excluding tert-OH is 1. The van der Waals surface area contributed by atoms with Gasteiger partial charge in [-0.1, -0.05) is 0 Å². The van der Waals surface area contributed by atoms with Gasteiger partial charge in [-0.25, -0.2) is 0 Å². The topological polar surface area (TPSA) is 66.4 Å². The summed E-state index contributed by atoms with van der Waals surface area (Å²) in [6, 6.07) is -0.305. The minimum Gasteiger partial charge on any atom is -0.389 e. The first-order valence-corrected chi connectivity index (χ1v) is 5.17. The van der Waals surface area contributed by atoms with Crippen LogP contribution in [0.2, 0.25) is 0 Å². The Kier molecular flexibility index (Phi) is 5.68. The minimum absolute atomic E-state index is 0.0238. The van der Waals surface area contributed by atoms with Crippen molar-refractivity contribution in [3.8, 4) is 0 Å². The van der Waals surface area contributed by atoms with Crippen molar-refractivity contribution in [1.82, 2.24) is 5.32 Å². The van der Waals surface area contributed by atoms with E-state index in [1.165, 1.54) is 6.92 Å². The molecule has 15 heavy (non-hydrogen) atoms. The molecule has 88 valence electrons. The van der Waals surface area contributed by atoms with Crippen LogP contribution in [0.5, 0.6) is 0 Å². The summed E-state index contributed by atoms with van der Waals surface area (Å²) in [7, 11) is 0. The Balaban J connectivity index is 4.18. The molecule has 0 aromatic carbocycles. The molecular formula is C11H21NO3. The summed E-state index contributed by atoms with van der Waals surface area (Å²) in [4.78, 5) is 22.2. The highest BCUT2D eigenvalue weighted by atomic mass is 16.3. The van der Waals surface area contributed by atoms with Crippen LogP contribution in [0, 0.1) is 0 Å². The molecule has 0 saturated heterocycles. The van der Waals surface area contributed by atoms with Gasteiger partial charge in [-0.3, -0.25) is 9.59 Å². The van der Waals surface area contributed by atoms with Crippen LogP contribution < -0.4 is 5.32 Å². The Morgan fingerprint density at radius 2 is 1.87 bits per heavy atom. The highest BCUT2D eigenvalue weighted by Gasteiger charge is 2.21. The van der Waals surface area contributed by atoms with Crippen molar-refractivity contribution >= 4 is 11.6 Å². The number of carbonyl (C=O) groups is 2. The summed E-state index contributed by atoms with van der Waals surface area (Å²) in [6.45, 7) is 6.97. The van der Waals surface area contributed by atoms with E-state index in [4.69, 9.17) is 5.11 Å². The van der Waals surface area contributed by atoms with Gasteiger partial charge in [0, 0.05) is 12.0 Å². The largest absolute Gasteiger partial charge is 0.389 e. The van der Waals surface area contributed by atoms with Gasteiger partial charge in [0.05, 0.1) is 6.04 Å². The molecule has 0 bridgehead atoms. The Bertz CT molecular complexity index is 230. The molecular weight excluding hydrogens is 194 g/mol. The number of hydrogen-bond donors (Lipinski definition) is 2. The van der Waals surface area contributed by atoms with Crippen LogP contribution in [0.25, 0.3) is 0 Å². The van der Waals surface area contributed by atoms with Crippen LogP contribution in [0.3, 0.4) is 0 Å². The van der Waals surface area contributed by atoms with Gasteiger partial charge >= 0.3 is 0 Å². The standard InChI is InChI=1S/C11H21NO3/c1-8(14)10(12-11(2,3)4)6-5-9(15)7-13/h10,12-13H,5-7H2,1-4H3/t10-/m0/s1. The molecule has 0 aliphatic heterocycles. The van der Waals surface area contributed by atoms with E-state index in [9.17, 15) is 9.59 Å². The summed E-state index contributed by atoms with van der Waals surface area (Å²) in [6.07, 6.45) is 0.690. The fraction of sp³-hybridized carbons (Fsp3) is 0.818. The molecule has 0 aliphatic rings. The SMILES string of the molecule is CC(=O)[C@H](CCC(=O)CO)NC(C)(C)C. The Hall–Kier alpha value is -0.740. The van der Waals surface area contributed by atoms with Gasteiger partial charge in [-0.15, -0.1) is 0 Å². The molecule has 0 heterocycles. The van der Waals surface area contributed by atoms with Gasteiger partial charge in [0.15, 0.2) is 5.78 Å². The van der Waals surface area contributed by atoms with Crippen molar-refractivity contribution in [2.45, 2.75) is 52.1 Å². The zero-order valence-electron chi connectivity index (χ0n) is 9.96. The molecule has 0 aliphatic carbocycles. The first-order chi connectivity index (χ1) is 6.76. The number of aliphatic hydroxyl groups is 1. The van der Waals surface area contributed by atoms with Crippen LogP contribution >= 0.6 is 0 Å². The van der Waals surface area contributed by atoms with Crippen molar-refractivity contribution in [3.05, 3.63) is 0 Å². The highest BCUT2D eigenvalue weighted by molar-refractivity contribution is 5.83. The molecule has 0 aromatic rings. The smallest absolute Gasteiger partial charge is 0.158 e. The van der Waals surface area contributed by atoms with Gasteiger partial charge in [-0.05, 0) is 34.1 Å². The quantitative estimate of drug-likeness (QED) is 0.683. The summed E-state index contributed by atoms with van der Waals surface area (Å²) in [5, 5.41) is 11.7. The maximum absolute atomic E-state index is 11.3. The molecule has 0 rings (SSSR count). The van der Waals surface area contributed by atoms with Crippen molar-refractivity contribution in [2.75, 3.05) is 6.61 Å². The van der Waals surface area contributed by atoms with Crippen LogP contribution in [0.4, 0.5) is 0 Å². The Labute approximate surface area is 91.1 Å². The van der Waals surface area contributed by atoms with Crippen molar-refractivity contribution in [3.63, 3.8) is 0 Å². The van der Waals surface area contributed by atoms with Gasteiger partial charge in [0.2, 0.25) is 0 Å². The fourth-order valence-corrected chi connectivity index (χ4v) is 1.28. The average molecular weight is 215 g/mol. The van der Waals surface area contributed by atoms with E-state index in [1.807, 2.05) is 20.8 Å². The van der Waals surface area contributed by atoms with E-state index in [1.54, 1.807) is 0 Å². The summed E-state index contributed by atoms with van der Waals surface area (Å²) in [5.41, 5.74) is -0.154. The summed E-state index contributed by atoms with van der Waals surface area (Å²) in [5.74, 6) is -0.201. The predicted molar refractivity (Wildman–Crippen MR) is 58.7 cm³/mol. The molecule has 0 unspecified atom stereocenters. The fourth-order valence-electron chi connectivity index (χ4n) is 1.28. The van der Waals surface area contributed by atoms with E-state index in [0.29, 0.717) is 6.42 Å². The lowest BCUT2D eigenvalue weighted by atomic mass is 10.0. The third-order valence-electron chi connectivity index (χ3n) is 1.99. The second-order valence-corrected chi connectivity index (χ2v) is 4.79. The third-order valence-corrected chi connectivity index (χ3v) is 1.99. The molecule has 0 spiro atoms. The van der Waals surface area contributed by atoms with Crippen LogP contribution in [-0.4, -0.2) is 34.9 Å². The lowest BCUT2D eigenvalue weighted by Gasteiger charge is -2.26. The molecule has 4 nitrogen and oxygen atoms in total. The predicted octanol–water partition coefficient (Wildman–Crippen LogP) is 0.674. The monoisotopic (exact) mass is 215 g/mol. The molecule has 4 heteroatoms. The van der Waals surface area contributed by atoms with Gasteiger partial charge < -0.3 is 10.4 Å². The number of carbonyl (C=O) groups excluding carboxylic acids is 2. The molecule has 0 radical (unpaired) electrons. The van der Waals surface area contributed by atoms with Crippen molar-refractivity contribution in [1.29, 1.82) is 0 Å². The lowest BCUT2D eigenvalue weighted by molar-refractivity contribution is -0.122. The Morgan fingerprint density at radius 3 is 2.20 bits per heavy atom. The van der Waals surface area contributed by atoms with Gasteiger partial charge in [-0.2, -0.15) is 0 Å². The Morgan fingerprint density at radius 1 is 1.33 bits per heavy atom. The second kappa shape index (κ2) is 5.98. The minimum atomic E-state index is -0.444. The number of hydrogen-bond acceptors (Lipinski definition) is 4. The number of nitrogens with one attached hydrogen (secondary N) is 1. The molecule has 0 fully saturated rings. The summed E-state index contributed by atoms with van der Waals surface area (Å²) < 4.78 is 0. The average Bonchev–Trinajstić information content (AvgIpc) is 2.09. The number of Topliss-reactive ketones (excluding diaryl/α,β-unsaturated/α-hetero) is 2. The van der Waals surface area contributed by atoms with Gasteiger partial charge in [0.1, 0.15) is 12.4 Å². The molecule has 0 amide bonds. The van der Waals surface area contributed by atoms with Crippen molar-refractivity contribution < 1.29 is 14.7 Å². The first-order valence-electron chi connectivity index (χ1n) is 5.17. The summed E-state index contributed by atoms with van der Waals surface area (Å²) >= 11 is 0. The molecule has 0 saturated carbocycles. The van der Waals surface area contributed by atoms with Crippen LogP contribution in [-0.2, 0) is 9.59 Å². The highest BCUT2D eigenvalue weighted by Crippen LogP contribution is 2.07. The van der Waals surface area contributed by atoms with E-state index in [-0.39, 0.29) is 29.6 Å². The zero-order chi connectivity index (χ0) is 12.1. The van der Waals surface area contributed by atoms with Crippen molar-refractivity contribution in [2.24, 2.45) is 0 Å². The normalized spacial score (nSPS) is 13.7. The number of rotatable bonds is 6. The molecule has 1 atom stereocenters. The molecule has 2 N–H and O–H groups in total. The van der Waals surface area contributed by atoms with Gasteiger partial charge in [0.25, 0.3) is 0 Å².